The van der Waals surface area contributed by atoms with Crippen LogP contribution in [-0.2, 0) is 11.3 Å². The van der Waals surface area contributed by atoms with Gasteiger partial charge in [-0.05, 0) is 18.1 Å². The van der Waals surface area contributed by atoms with Gasteiger partial charge in [0.15, 0.2) is 11.0 Å². The Hall–Kier alpha value is -1.33. The Labute approximate surface area is 118 Å². The quantitative estimate of drug-likeness (QED) is 0.760. The average molecular weight is 277 g/mol. The predicted octanol–water partition coefficient (Wildman–Crippen LogP) is 3.16. The molecule has 2 rings (SSSR count). The van der Waals surface area contributed by atoms with Crippen LogP contribution in [0.3, 0.4) is 0 Å². The van der Waals surface area contributed by atoms with Crippen molar-refractivity contribution in [3.63, 3.8) is 0 Å². The van der Waals surface area contributed by atoms with E-state index in [0.29, 0.717) is 12.5 Å². The van der Waals surface area contributed by atoms with Crippen LogP contribution in [0, 0.1) is 5.92 Å². The molecule has 5 heteroatoms. The van der Waals surface area contributed by atoms with Crippen LogP contribution >= 0.6 is 11.8 Å². The smallest absolute Gasteiger partial charge is 0.195 e. The number of rotatable bonds is 6. The fraction of sp³-hybridized carbons (Fsp3) is 0.429. The molecule has 0 N–H and O–H groups in total. The molecule has 0 fully saturated rings. The van der Waals surface area contributed by atoms with Crippen LogP contribution in [-0.4, -0.2) is 27.6 Å². The lowest BCUT2D eigenvalue weighted by atomic mass is 10.3. The van der Waals surface area contributed by atoms with E-state index < -0.39 is 0 Å². The molecular weight excluding hydrogens is 258 g/mol. The normalized spacial score (nSPS) is 11.2. The van der Waals surface area contributed by atoms with Gasteiger partial charge in [0, 0.05) is 18.6 Å². The Morgan fingerprint density at radius 3 is 2.58 bits per heavy atom. The molecule has 0 saturated heterocycles. The van der Waals surface area contributed by atoms with Crippen LogP contribution in [0.15, 0.2) is 35.5 Å². The summed E-state index contributed by atoms with van der Waals surface area (Å²) in [7, 11) is 1.67. The van der Waals surface area contributed by atoms with Gasteiger partial charge in [0.2, 0.25) is 0 Å². The fourth-order valence-electron chi connectivity index (χ4n) is 1.69. The highest BCUT2D eigenvalue weighted by Gasteiger charge is 2.14. The zero-order valence-corrected chi connectivity index (χ0v) is 12.4. The van der Waals surface area contributed by atoms with Crippen molar-refractivity contribution in [3.05, 3.63) is 36.2 Å². The lowest BCUT2D eigenvalue weighted by molar-refractivity contribution is 0.176. The molecule has 102 valence electrons. The summed E-state index contributed by atoms with van der Waals surface area (Å²) < 4.78 is 7.26. The van der Waals surface area contributed by atoms with Crippen molar-refractivity contribution in [3.8, 4) is 5.69 Å². The molecule has 0 aliphatic carbocycles. The molecular formula is C14H19N3OS. The Balaban J connectivity index is 2.33. The van der Waals surface area contributed by atoms with Crippen LogP contribution < -0.4 is 0 Å². The third kappa shape index (κ3) is 3.58. The maximum absolute atomic E-state index is 5.20. The molecule has 0 aliphatic heterocycles. The van der Waals surface area contributed by atoms with Crippen molar-refractivity contribution >= 4 is 11.8 Å². The number of ether oxygens (including phenoxy) is 1. The van der Waals surface area contributed by atoms with E-state index in [1.807, 2.05) is 18.2 Å². The summed E-state index contributed by atoms with van der Waals surface area (Å²) in [6.45, 7) is 4.86. The standard InChI is InChI=1S/C14H19N3OS/c1-11(2)10-19-14-16-15-13(9-18-3)17(14)12-7-5-4-6-8-12/h4-8,11H,9-10H2,1-3H3. The van der Waals surface area contributed by atoms with Gasteiger partial charge in [-0.15, -0.1) is 10.2 Å². The van der Waals surface area contributed by atoms with Gasteiger partial charge in [-0.3, -0.25) is 4.57 Å². The summed E-state index contributed by atoms with van der Waals surface area (Å²) in [5.74, 6) is 2.48. The summed E-state index contributed by atoms with van der Waals surface area (Å²) in [5.41, 5.74) is 1.07. The lowest BCUT2D eigenvalue weighted by Gasteiger charge is -2.10. The maximum Gasteiger partial charge on any atom is 0.195 e. The summed E-state index contributed by atoms with van der Waals surface area (Å²) in [5, 5.41) is 9.43. The molecule has 0 aliphatic rings. The second-order valence-electron chi connectivity index (χ2n) is 4.71. The SMILES string of the molecule is COCc1nnc(SCC(C)C)n1-c1ccccc1. The van der Waals surface area contributed by atoms with E-state index in [-0.39, 0.29) is 0 Å². The van der Waals surface area contributed by atoms with Gasteiger partial charge in [-0.25, -0.2) is 0 Å². The van der Waals surface area contributed by atoms with E-state index in [0.717, 1.165) is 22.4 Å². The van der Waals surface area contributed by atoms with E-state index in [4.69, 9.17) is 4.74 Å². The molecule has 19 heavy (non-hydrogen) atoms. The monoisotopic (exact) mass is 277 g/mol. The van der Waals surface area contributed by atoms with Crippen molar-refractivity contribution in [2.24, 2.45) is 5.92 Å². The average Bonchev–Trinajstić information content (AvgIpc) is 2.81. The molecule has 1 heterocycles. The number of nitrogens with zero attached hydrogens (tertiary/aromatic N) is 3. The number of para-hydroxylation sites is 1. The minimum absolute atomic E-state index is 0.462. The molecule has 1 aromatic heterocycles. The largest absolute Gasteiger partial charge is 0.377 e. The number of methoxy groups -OCH3 is 1. The molecule has 2 aromatic rings. The van der Waals surface area contributed by atoms with E-state index in [9.17, 15) is 0 Å². The van der Waals surface area contributed by atoms with Gasteiger partial charge < -0.3 is 4.74 Å². The molecule has 0 unspecified atom stereocenters. The second-order valence-corrected chi connectivity index (χ2v) is 5.69. The van der Waals surface area contributed by atoms with E-state index >= 15 is 0 Å². The van der Waals surface area contributed by atoms with Crippen LogP contribution in [0.2, 0.25) is 0 Å². The van der Waals surface area contributed by atoms with E-state index in [1.54, 1.807) is 18.9 Å². The van der Waals surface area contributed by atoms with Crippen LogP contribution in [0.5, 0.6) is 0 Å². The zero-order chi connectivity index (χ0) is 13.7. The molecule has 0 radical (unpaired) electrons. The highest BCUT2D eigenvalue weighted by Crippen LogP contribution is 2.23. The number of hydrogen-bond acceptors (Lipinski definition) is 4. The Morgan fingerprint density at radius 2 is 1.95 bits per heavy atom. The molecule has 0 spiro atoms. The lowest BCUT2D eigenvalue weighted by Crippen LogP contribution is -2.04. The van der Waals surface area contributed by atoms with Crippen LogP contribution in [0.1, 0.15) is 19.7 Å². The summed E-state index contributed by atoms with van der Waals surface area (Å²) in [6.07, 6.45) is 0. The number of benzene rings is 1. The first kappa shape index (κ1) is 14.1. The first-order valence-corrected chi connectivity index (χ1v) is 7.32. The maximum atomic E-state index is 5.20. The van der Waals surface area contributed by atoms with E-state index in [2.05, 4.69) is 40.7 Å². The van der Waals surface area contributed by atoms with Crippen molar-refractivity contribution in [1.82, 2.24) is 14.8 Å². The Kier molecular flexibility index (Phi) is 4.99. The first-order chi connectivity index (χ1) is 9.22. The molecule has 4 nitrogen and oxygen atoms in total. The Bertz CT molecular complexity index is 511. The third-order valence-electron chi connectivity index (χ3n) is 2.53. The molecule has 0 amide bonds. The van der Waals surface area contributed by atoms with Crippen molar-refractivity contribution in [2.45, 2.75) is 25.6 Å². The van der Waals surface area contributed by atoms with Gasteiger partial charge in [-0.1, -0.05) is 43.8 Å². The summed E-state index contributed by atoms with van der Waals surface area (Å²) in [4.78, 5) is 0. The fourth-order valence-corrected chi connectivity index (χ4v) is 2.61. The highest BCUT2D eigenvalue weighted by atomic mass is 32.2. The van der Waals surface area contributed by atoms with Gasteiger partial charge in [0.05, 0.1) is 0 Å². The van der Waals surface area contributed by atoms with E-state index in [1.165, 1.54) is 0 Å². The van der Waals surface area contributed by atoms with Crippen molar-refractivity contribution in [2.75, 3.05) is 12.9 Å². The minimum Gasteiger partial charge on any atom is -0.377 e. The number of hydrogen-bond donors (Lipinski definition) is 0. The minimum atomic E-state index is 0.462. The van der Waals surface area contributed by atoms with Gasteiger partial charge in [0.1, 0.15) is 6.61 Å². The predicted molar refractivity (Wildman–Crippen MR) is 77.6 cm³/mol. The van der Waals surface area contributed by atoms with Crippen molar-refractivity contribution in [1.29, 1.82) is 0 Å². The highest BCUT2D eigenvalue weighted by molar-refractivity contribution is 7.99. The molecule has 0 saturated carbocycles. The Morgan fingerprint density at radius 1 is 1.21 bits per heavy atom. The number of thioether (sulfide) groups is 1. The number of aromatic nitrogens is 3. The third-order valence-corrected chi connectivity index (χ3v) is 3.89. The summed E-state index contributed by atoms with van der Waals surface area (Å²) in [6, 6.07) is 10.2. The summed E-state index contributed by atoms with van der Waals surface area (Å²) >= 11 is 1.73. The van der Waals surface area contributed by atoms with Gasteiger partial charge in [-0.2, -0.15) is 0 Å². The molecule has 0 bridgehead atoms. The van der Waals surface area contributed by atoms with Crippen LogP contribution in [0.4, 0.5) is 0 Å². The van der Waals surface area contributed by atoms with Gasteiger partial charge >= 0.3 is 0 Å². The van der Waals surface area contributed by atoms with Gasteiger partial charge in [0.25, 0.3) is 0 Å². The molecule has 0 atom stereocenters. The van der Waals surface area contributed by atoms with Crippen LogP contribution in [0.25, 0.3) is 5.69 Å². The van der Waals surface area contributed by atoms with Crippen molar-refractivity contribution < 1.29 is 4.74 Å². The topological polar surface area (TPSA) is 39.9 Å². The molecule has 1 aromatic carbocycles. The first-order valence-electron chi connectivity index (χ1n) is 6.33. The second kappa shape index (κ2) is 6.73. The zero-order valence-electron chi connectivity index (χ0n) is 11.5.